The predicted octanol–water partition coefficient (Wildman–Crippen LogP) is 3.74. The molecule has 26 heavy (non-hydrogen) atoms. The van der Waals surface area contributed by atoms with Gasteiger partial charge in [0.05, 0.1) is 22.6 Å². The molecule has 0 radical (unpaired) electrons. The molecular formula is C18H20Cl2N4O2. The summed E-state index contributed by atoms with van der Waals surface area (Å²) in [5.41, 5.74) is 0.637. The van der Waals surface area contributed by atoms with Gasteiger partial charge in [-0.1, -0.05) is 35.3 Å². The maximum Gasteiger partial charge on any atom is 0.288 e. The molecule has 1 amide bonds. The van der Waals surface area contributed by atoms with Gasteiger partial charge in [-0.3, -0.25) is 9.59 Å². The number of benzene rings is 1. The zero-order valence-corrected chi connectivity index (χ0v) is 15.9. The number of amides is 1. The van der Waals surface area contributed by atoms with Crippen molar-refractivity contribution in [1.29, 1.82) is 0 Å². The van der Waals surface area contributed by atoms with Crippen LogP contribution in [0, 0.1) is 0 Å². The fourth-order valence-corrected chi connectivity index (χ4v) is 3.42. The van der Waals surface area contributed by atoms with Gasteiger partial charge in [-0.25, -0.2) is 4.68 Å². The summed E-state index contributed by atoms with van der Waals surface area (Å²) in [6, 6.07) is 6.08. The van der Waals surface area contributed by atoms with E-state index in [1.807, 2.05) is 0 Å². The molecule has 1 fully saturated rings. The Labute approximate surface area is 161 Å². The third kappa shape index (κ3) is 3.86. The molecule has 2 heterocycles. The maximum absolute atomic E-state index is 12.6. The Hall–Kier alpha value is -2.05. The molecule has 1 aromatic carbocycles. The van der Waals surface area contributed by atoms with Crippen molar-refractivity contribution in [2.75, 3.05) is 23.3 Å². The summed E-state index contributed by atoms with van der Waals surface area (Å²) in [5, 5.41) is 7.41. The van der Waals surface area contributed by atoms with Gasteiger partial charge >= 0.3 is 0 Å². The lowest BCUT2D eigenvalue weighted by molar-refractivity contribution is -0.119. The second-order valence-electron chi connectivity index (χ2n) is 6.29. The largest absolute Gasteiger partial charge is 0.369 e. The first-order valence-electron chi connectivity index (χ1n) is 8.56. The Morgan fingerprint density at radius 1 is 1.19 bits per heavy atom. The van der Waals surface area contributed by atoms with E-state index >= 15 is 0 Å². The molecule has 0 bridgehead atoms. The lowest BCUT2D eigenvalue weighted by Crippen LogP contribution is -2.36. The van der Waals surface area contributed by atoms with Crippen LogP contribution in [0.25, 0.3) is 0 Å². The summed E-state index contributed by atoms with van der Waals surface area (Å²) in [6.07, 6.45) is 4.87. The van der Waals surface area contributed by atoms with Crippen LogP contribution in [0.5, 0.6) is 0 Å². The monoisotopic (exact) mass is 394 g/mol. The van der Waals surface area contributed by atoms with Crippen molar-refractivity contribution < 1.29 is 4.79 Å². The first-order valence-corrected chi connectivity index (χ1v) is 9.32. The van der Waals surface area contributed by atoms with Crippen LogP contribution < -0.4 is 15.8 Å². The van der Waals surface area contributed by atoms with E-state index in [0.29, 0.717) is 16.4 Å². The summed E-state index contributed by atoms with van der Waals surface area (Å²) in [4.78, 5) is 27.2. The number of anilines is 2. The van der Waals surface area contributed by atoms with Gasteiger partial charge < -0.3 is 10.2 Å². The third-order valence-electron chi connectivity index (χ3n) is 4.50. The molecule has 1 N–H and O–H groups in total. The topological polar surface area (TPSA) is 67.2 Å². The minimum Gasteiger partial charge on any atom is -0.369 e. The number of aromatic nitrogens is 2. The predicted molar refractivity (Wildman–Crippen MR) is 104 cm³/mol. The smallest absolute Gasteiger partial charge is 0.288 e. The highest BCUT2D eigenvalue weighted by molar-refractivity contribution is 6.33. The summed E-state index contributed by atoms with van der Waals surface area (Å²) < 4.78 is 1.10. The quantitative estimate of drug-likeness (QED) is 0.857. The fraction of sp³-hybridized carbons (Fsp3) is 0.389. The van der Waals surface area contributed by atoms with Crippen molar-refractivity contribution in [1.82, 2.24) is 9.78 Å². The number of piperidine rings is 1. The van der Waals surface area contributed by atoms with E-state index in [4.69, 9.17) is 23.2 Å². The van der Waals surface area contributed by atoms with Gasteiger partial charge in [-0.05, 0) is 38.3 Å². The van der Waals surface area contributed by atoms with E-state index in [-0.39, 0.29) is 5.02 Å². The normalized spacial score (nSPS) is 15.6. The summed E-state index contributed by atoms with van der Waals surface area (Å²) >= 11 is 12.4. The van der Waals surface area contributed by atoms with Gasteiger partial charge in [0.1, 0.15) is 11.1 Å². The molecule has 1 saturated heterocycles. The van der Waals surface area contributed by atoms with Crippen LogP contribution >= 0.6 is 23.2 Å². The Balaban J connectivity index is 1.82. The second-order valence-corrected chi connectivity index (χ2v) is 7.07. The SMILES string of the molecule is CC(C(=O)Nc1ccccc1Cl)n1ncc(N2CCCCC2)c(Cl)c1=O. The molecule has 6 nitrogen and oxygen atoms in total. The number of para-hydroxylation sites is 1. The fourth-order valence-electron chi connectivity index (χ4n) is 2.98. The number of nitrogens with one attached hydrogen (secondary N) is 1. The molecule has 1 atom stereocenters. The third-order valence-corrected chi connectivity index (χ3v) is 5.18. The van der Waals surface area contributed by atoms with E-state index in [1.165, 1.54) is 6.42 Å². The minimum absolute atomic E-state index is 0.0966. The standard InChI is InChI=1S/C18H20Cl2N4O2/c1-12(17(25)22-14-8-4-3-7-13(14)19)24-18(26)16(20)15(11-21-24)23-9-5-2-6-10-23/h3-4,7-8,11-12H,2,5-6,9-10H2,1H3,(H,22,25). The highest BCUT2D eigenvalue weighted by Gasteiger charge is 2.23. The van der Waals surface area contributed by atoms with Gasteiger partial charge in [0.25, 0.3) is 5.56 Å². The van der Waals surface area contributed by atoms with Crippen molar-refractivity contribution in [2.45, 2.75) is 32.2 Å². The first-order chi connectivity index (χ1) is 12.5. The van der Waals surface area contributed by atoms with Crippen LogP contribution in [0.4, 0.5) is 11.4 Å². The summed E-state index contributed by atoms with van der Waals surface area (Å²) in [6.45, 7) is 3.30. The lowest BCUT2D eigenvalue weighted by atomic mass is 10.1. The Morgan fingerprint density at radius 2 is 1.88 bits per heavy atom. The number of hydrogen-bond acceptors (Lipinski definition) is 4. The van der Waals surface area contributed by atoms with Crippen molar-refractivity contribution in [2.24, 2.45) is 0 Å². The zero-order valence-electron chi connectivity index (χ0n) is 14.4. The van der Waals surface area contributed by atoms with Gasteiger partial charge in [-0.15, -0.1) is 0 Å². The van der Waals surface area contributed by atoms with Gasteiger partial charge in [0.2, 0.25) is 5.91 Å². The second kappa shape index (κ2) is 8.10. The number of hydrogen-bond donors (Lipinski definition) is 1. The van der Waals surface area contributed by atoms with Crippen LogP contribution in [0.1, 0.15) is 32.2 Å². The van der Waals surface area contributed by atoms with Crippen LogP contribution in [-0.2, 0) is 4.79 Å². The number of halogens is 2. The van der Waals surface area contributed by atoms with E-state index in [0.717, 1.165) is 30.6 Å². The molecule has 1 aliphatic rings. The van der Waals surface area contributed by atoms with Crippen molar-refractivity contribution in [3.63, 3.8) is 0 Å². The summed E-state index contributed by atoms with van der Waals surface area (Å²) in [7, 11) is 0. The highest BCUT2D eigenvalue weighted by Crippen LogP contribution is 2.25. The molecule has 0 aliphatic carbocycles. The highest BCUT2D eigenvalue weighted by atomic mass is 35.5. The van der Waals surface area contributed by atoms with E-state index in [2.05, 4.69) is 15.3 Å². The molecule has 0 saturated carbocycles. The zero-order chi connectivity index (χ0) is 18.7. The van der Waals surface area contributed by atoms with Gasteiger partial charge in [-0.2, -0.15) is 5.10 Å². The van der Waals surface area contributed by atoms with Crippen molar-refractivity contribution >= 4 is 40.5 Å². The molecule has 1 aromatic heterocycles. The van der Waals surface area contributed by atoms with E-state index in [9.17, 15) is 9.59 Å². The number of carbonyl (C=O) groups excluding carboxylic acids is 1. The average Bonchev–Trinajstić information content (AvgIpc) is 2.66. The van der Waals surface area contributed by atoms with E-state index < -0.39 is 17.5 Å². The first kappa shape index (κ1) is 18.7. The Bertz CT molecular complexity index is 863. The molecule has 1 unspecified atom stereocenters. The van der Waals surface area contributed by atoms with Crippen molar-refractivity contribution in [3.05, 3.63) is 50.9 Å². The van der Waals surface area contributed by atoms with Crippen molar-refractivity contribution in [3.8, 4) is 0 Å². The Kier molecular flexibility index (Phi) is 5.84. The van der Waals surface area contributed by atoms with Crippen LogP contribution in [0.3, 0.4) is 0 Å². The average molecular weight is 395 g/mol. The Morgan fingerprint density at radius 3 is 2.58 bits per heavy atom. The number of nitrogens with zero attached hydrogens (tertiary/aromatic N) is 3. The van der Waals surface area contributed by atoms with Gasteiger partial charge in [0, 0.05) is 13.1 Å². The maximum atomic E-state index is 12.6. The molecule has 1 aliphatic heterocycles. The van der Waals surface area contributed by atoms with Crippen LogP contribution in [0.2, 0.25) is 10.0 Å². The van der Waals surface area contributed by atoms with Crippen LogP contribution in [-0.4, -0.2) is 28.8 Å². The molecule has 2 aromatic rings. The van der Waals surface area contributed by atoms with Crippen LogP contribution in [0.15, 0.2) is 35.3 Å². The lowest BCUT2D eigenvalue weighted by Gasteiger charge is -2.29. The molecule has 138 valence electrons. The number of carbonyl (C=O) groups is 1. The summed E-state index contributed by atoms with van der Waals surface area (Å²) in [5.74, 6) is -0.394. The molecule has 3 rings (SSSR count). The van der Waals surface area contributed by atoms with Gasteiger partial charge in [0.15, 0.2) is 0 Å². The van der Waals surface area contributed by atoms with E-state index in [1.54, 1.807) is 37.4 Å². The number of rotatable bonds is 4. The minimum atomic E-state index is -0.827. The molecular weight excluding hydrogens is 375 g/mol. The molecule has 8 heteroatoms. The molecule has 0 spiro atoms.